The van der Waals surface area contributed by atoms with E-state index >= 15 is 0 Å². The fourth-order valence-corrected chi connectivity index (χ4v) is 4.18. The van der Waals surface area contributed by atoms with Crippen LogP contribution in [0.25, 0.3) is 11.0 Å². The largest absolute Gasteiger partial charge is 0.493 e. The quantitative estimate of drug-likeness (QED) is 0.548. The molecule has 0 unspecified atom stereocenters. The minimum Gasteiger partial charge on any atom is -0.493 e. The molecule has 0 aliphatic carbocycles. The summed E-state index contributed by atoms with van der Waals surface area (Å²) in [6, 6.07) is 17.0. The van der Waals surface area contributed by atoms with Crippen molar-refractivity contribution in [3.05, 3.63) is 76.1 Å². The summed E-state index contributed by atoms with van der Waals surface area (Å²) >= 11 is 0. The molecule has 3 aromatic rings. The Balaban J connectivity index is 1.15. The van der Waals surface area contributed by atoms with Crippen LogP contribution < -0.4 is 15.5 Å². The van der Waals surface area contributed by atoms with Gasteiger partial charge < -0.3 is 19.4 Å². The zero-order valence-electron chi connectivity index (χ0n) is 18.5. The minimum atomic E-state index is -0.0324. The monoisotopic (exact) mass is 434 g/mol. The molecular formula is C26H30N2O4. The van der Waals surface area contributed by atoms with Crippen LogP contribution >= 0.6 is 0 Å². The molecule has 2 heterocycles. The fraction of sp³-hybridized carbons (Fsp3) is 0.385. The lowest BCUT2D eigenvalue weighted by molar-refractivity contribution is -0.121. The molecule has 2 aromatic carbocycles. The number of rotatable bonds is 8. The second kappa shape index (κ2) is 10.5. The first-order valence-electron chi connectivity index (χ1n) is 11.3. The number of piperidine rings is 1. The normalized spacial score (nSPS) is 15.0. The summed E-state index contributed by atoms with van der Waals surface area (Å²) in [6.45, 7) is 5.31. The van der Waals surface area contributed by atoms with Crippen LogP contribution in [0.1, 0.15) is 30.6 Å². The molecule has 6 nitrogen and oxygen atoms in total. The predicted molar refractivity (Wildman–Crippen MR) is 125 cm³/mol. The molecule has 168 valence electrons. The Bertz CT molecular complexity index is 1100. The van der Waals surface area contributed by atoms with Gasteiger partial charge in [-0.05, 0) is 43.9 Å². The number of fused-ring (bicyclic) bond motifs is 1. The number of hydrogen-bond acceptors (Lipinski definition) is 5. The van der Waals surface area contributed by atoms with Gasteiger partial charge in [0.2, 0.25) is 5.91 Å². The Hall–Kier alpha value is -3.12. The molecule has 6 heteroatoms. The Kier molecular flexibility index (Phi) is 7.22. The number of benzene rings is 2. The lowest BCUT2D eigenvalue weighted by Crippen LogP contribution is -2.45. The van der Waals surface area contributed by atoms with E-state index in [1.165, 1.54) is 6.07 Å². The van der Waals surface area contributed by atoms with Crippen molar-refractivity contribution < 1.29 is 13.9 Å². The Morgan fingerprint density at radius 1 is 1.12 bits per heavy atom. The molecule has 1 fully saturated rings. The molecule has 0 spiro atoms. The third kappa shape index (κ3) is 5.98. The van der Waals surface area contributed by atoms with Crippen LogP contribution in [0, 0.1) is 6.92 Å². The zero-order chi connectivity index (χ0) is 22.3. The van der Waals surface area contributed by atoms with Crippen molar-refractivity contribution in [2.24, 2.45) is 0 Å². The average Bonchev–Trinajstić information content (AvgIpc) is 2.78. The molecule has 1 N–H and O–H groups in total. The zero-order valence-corrected chi connectivity index (χ0v) is 18.5. The van der Waals surface area contributed by atoms with E-state index in [-0.39, 0.29) is 17.4 Å². The molecule has 1 aromatic heterocycles. The highest BCUT2D eigenvalue weighted by Crippen LogP contribution is 2.20. The maximum Gasteiger partial charge on any atom is 0.224 e. The van der Waals surface area contributed by atoms with E-state index in [1.807, 2.05) is 36.4 Å². The molecular weight excluding hydrogens is 404 g/mol. The van der Waals surface area contributed by atoms with Gasteiger partial charge >= 0.3 is 0 Å². The van der Waals surface area contributed by atoms with Gasteiger partial charge in [0.15, 0.2) is 5.43 Å². The van der Waals surface area contributed by atoms with E-state index in [4.69, 9.17) is 9.15 Å². The number of likely N-dealkylation sites (tertiary alicyclic amines) is 1. The molecule has 4 rings (SSSR count). The molecule has 1 aliphatic rings. The highest BCUT2D eigenvalue weighted by atomic mass is 16.5. The summed E-state index contributed by atoms with van der Waals surface area (Å²) in [7, 11) is 0. The summed E-state index contributed by atoms with van der Waals surface area (Å²) in [4.78, 5) is 26.7. The van der Waals surface area contributed by atoms with Crippen LogP contribution in [-0.2, 0) is 11.2 Å². The summed E-state index contributed by atoms with van der Waals surface area (Å²) in [5, 5.41) is 3.75. The van der Waals surface area contributed by atoms with Crippen molar-refractivity contribution >= 4 is 16.9 Å². The van der Waals surface area contributed by atoms with Gasteiger partial charge in [0.25, 0.3) is 0 Å². The molecule has 1 aliphatic heterocycles. The van der Waals surface area contributed by atoms with Crippen LogP contribution in [0.5, 0.6) is 5.75 Å². The van der Waals surface area contributed by atoms with Gasteiger partial charge in [-0.3, -0.25) is 9.59 Å². The van der Waals surface area contributed by atoms with Gasteiger partial charge in [-0.1, -0.05) is 30.3 Å². The van der Waals surface area contributed by atoms with Crippen LogP contribution in [-0.4, -0.2) is 43.1 Å². The maximum absolute atomic E-state index is 12.3. The first kappa shape index (κ1) is 22.1. The highest BCUT2D eigenvalue weighted by molar-refractivity contribution is 5.79. The van der Waals surface area contributed by atoms with Gasteiger partial charge in [-0.25, -0.2) is 0 Å². The number of amides is 1. The third-order valence-corrected chi connectivity index (χ3v) is 5.87. The van der Waals surface area contributed by atoms with E-state index in [0.29, 0.717) is 35.5 Å². The molecule has 0 radical (unpaired) electrons. The summed E-state index contributed by atoms with van der Waals surface area (Å²) < 4.78 is 11.5. The predicted octanol–water partition coefficient (Wildman–Crippen LogP) is 3.69. The number of nitrogens with one attached hydrogen (secondary N) is 1. The Morgan fingerprint density at radius 3 is 2.69 bits per heavy atom. The van der Waals surface area contributed by atoms with Gasteiger partial charge in [0, 0.05) is 37.8 Å². The van der Waals surface area contributed by atoms with Crippen molar-refractivity contribution in [3.63, 3.8) is 0 Å². The van der Waals surface area contributed by atoms with E-state index in [0.717, 1.165) is 44.5 Å². The van der Waals surface area contributed by atoms with Crippen LogP contribution in [0.3, 0.4) is 0 Å². The topological polar surface area (TPSA) is 71.8 Å². The van der Waals surface area contributed by atoms with Gasteiger partial charge in [-0.15, -0.1) is 0 Å². The molecule has 1 amide bonds. The van der Waals surface area contributed by atoms with Crippen LogP contribution in [0.4, 0.5) is 0 Å². The number of aryl methyl sites for hydroxylation is 1. The van der Waals surface area contributed by atoms with Gasteiger partial charge in [0.05, 0.1) is 18.4 Å². The van der Waals surface area contributed by atoms with E-state index in [1.54, 1.807) is 19.1 Å². The number of carbonyl (C=O) groups excluding carboxylic acids is 1. The lowest BCUT2D eigenvalue weighted by atomic mass is 10.0. The number of carbonyl (C=O) groups is 1. The van der Waals surface area contributed by atoms with E-state index in [2.05, 4.69) is 10.2 Å². The molecule has 32 heavy (non-hydrogen) atoms. The summed E-state index contributed by atoms with van der Waals surface area (Å²) in [5.74, 6) is 1.41. The maximum atomic E-state index is 12.3. The van der Waals surface area contributed by atoms with Crippen molar-refractivity contribution in [2.45, 2.75) is 38.6 Å². The SMILES string of the molecule is Cc1cc(=O)c2ccc(OCCCN3CCC(NC(=O)Cc4ccccc4)CC3)cc2o1. The highest BCUT2D eigenvalue weighted by Gasteiger charge is 2.20. The second-order valence-corrected chi connectivity index (χ2v) is 8.43. The first-order chi connectivity index (χ1) is 15.6. The lowest BCUT2D eigenvalue weighted by Gasteiger charge is -2.32. The smallest absolute Gasteiger partial charge is 0.224 e. The third-order valence-electron chi connectivity index (χ3n) is 5.87. The van der Waals surface area contributed by atoms with Crippen LogP contribution in [0.15, 0.2) is 63.8 Å². The molecule has 1 saturated heterocycles. The molecule has 0 bridgehead atoms. The summed E-state index contributed by atoms with van der Waals surface area (Å²) in [6.07, 6.45) is 3.31. The van der Waals surface area contributed by atoms with Crippen LogP contribution in [0.2, 0.25) is 0 Å². The van der Waals surface area contributed by atoms with Crippen molar-refractivity contribution in [2.75, 3.05) is 26.2 Å². The van der Waals surface area contributed by atoms with Gasteiger partial charge in [0.1, 0.15) is 17.1 Å². The number of hydrogen-bond donors (Lipinski definition) is 1. The fourth-order valence-electron chi connectivity index (χ4n) is 4.18. The Morgan fingerprint density at radius 2 is 1.91 bits per heavy atom. The molecule has 0 saturated carbocycles. The number of nitrogens with zero attached hydrogens (tertiary/aromatic N) is 1. The average molecular weight is 435 g/mol. The van der Waals surface area contributed by atoms with Crippen molar-refractivity contribution in [1.29, 1.82) is 0 Å². The van der Waals surface area contributed by atoms with Crippen molar-refractivity contribution in [1.82, 2.24) is 10.2 Å². The van der Waals surface area contributed by atoms with Gasteiger partial charge in [-0.2, -0.15) is 0 Å². The summed E-state index contributed by atoms with van der Waals surface area (Å²) in [5.41, 5.74) is 1.57. The second-order valence-electron chi connectivity index (χ2n) is 8.43. The molecule has 0 atom stereocenters. The Labute approximate surface area is 188 Å². The number of ether oxygens (including phenoxy) is 1. The van der Waals surface area contributed by atoms with E-state index in [9.17, 15) is 9.59 Å². The standard InChI is InChI=1S/C26H30N2O4/c1-19-16-24(29)23-9-8-22(18-25(23)32-19)31-15-5-12-28-13-10-21(11-14-28)27-26(30)17-20-6-3-2-4-7-20/h2-4,6-9,16,18,21H,5,10-15,17H2,1H3,(H,27,30). The minimum absolute atomic E-state index is 0.0324. The van der Waals surface area contributed by atoms with Crippen molar-refractivity contribution in [3.8, 4) is 5.75 Å². The first-order valence-corrected chi connectivity index (χ1v) is 11.3. The van der Waals surface area contributed by atoms with E-state index < -0.39 is 0 Å².